The molecular weight excluding hydrogens is 298 g/mol. The molecule has 0 spiro atoms. The Balaban J connectivity index is 1.70. The third-order valence-corrected chi connectivity index (χ3v) is 5.05. The van der Waals surface area contributed by atoms with Gasteiger partial charge in [-0.05, 0) is 18.8 Å². The maximum Gasteiger partial charge on any atom is 0.240 e. The summed E-state index contributed by atoms with van der Waals surface area (Å²) in [4.78, 5) is 25.2. The van der Waals surface area contributed by atoms with Gasteiger partial charge in [0.15, 0.2) is 0 Å². The van der Waals surface area contributed by atoms with Crippen LogP contribution >= 0.6 is 12.6 Å². The number of thiol groups is 1. The maximum absolute atomic E-state index is 12.1. The number of nitrogens with zero attached hydrogens (tertiary/aromatic N) is 4. The van der Waals surface area contributed by atoms with Crippen LogP contribution in [0.5, 0.6) is 0 Å². The van der Waals surface area contributed by atoms with E-state index >= 15 is 0 Å². The van der Waals surface area contributed by atoms with Crippen LogP contribution in [0.1, 0.15) is 30.5 Å². The van der Waals surface area contributed by atoms with Crippen LogP contribution in [-0.2, 0) is 11.2 Å². The second kappa shape index (κ2) is 6.42. The van der Waals surface area contributed by atoms with Gasteiger partial charge in [0.1, 0.15) is 12.1 Å². The Morgan fingerprint density at radius 1 is 1.41 bits per heavy atom. The minimum Gasteiger partial charge on any atom is -0.353 e. The van der Waals surface area contributed by atoms with Crippen LogP contribution in [0, 0.1) is 0 Å². The molecule has 2 unspecified atom stereocenters. The van der Waals surface area contributed by atoms with E-state index in [4.69, 9.17) is 5.73 Å². The highest BCUT2D eigenvalue weighted by molar-refractivity contribution is 7.80. The summed E-state index contributed by atoms with van der Waals surface area (Å²) in [7, 11) is 0. The Bertz CT molecular complexity index is 559. The van der Waals surface area contributed by atoms with E-state index in [9.17, 15) is 4.79 Å². The van der Waals surface area contributed by atoms with Crippen molar-refractivity contribution in [2.24, 2.45) is 5.73 Å². The lowest BCUT2D eigenvalue weighted by atomic mass is 10.1. The van der Waals surface area contributed by atoms with Crippen molar-refractivity contribution in [3.63, 3.8) is 0 Å². The predicted molar refractivity (Wildman–Crippen MR) is 89.4 cm³/mol. The Morgan fingerprint density at radius 2 is 2.14 bits per heavy atom. The molecule has 120 valence electrons. The van der Waals surface area contributed by atoms with Crippen LogP contribution in [0.3, 0.4) is 0 Å². The van der Waals surface area contributed by atoms with Crippen molar-refractivity contribution in [1.82, 2.24) is 14.9 Å². The first kappa shape index (κ1) is 15.6. The summed E-state index contributed by atoms with van der Waals surface area (Å²) >= 11 is 4.10. The topological polar surface area (TPSA) is 75.4 Å². The summed E-state index contributed by atoms with van der Waals surface area (Å²) in [5.74, 6) is 1.95. The van der Waals surface area contributed by atoms with Crippen LogP contribution in [0.25, 0.3) is 0 Å². The Morgan fingerprint density at radius 3 is 2.82 bits per heavy atom. The van der Waals surface area contributed by atoms with E-state index < -0.39 is 6.04 Å². The van der Waals surface area contributed by atoms with Crippen molar-refractivity contribution >= 4 is 24.4 Å². The van der Waals surface area contributed by atoms with Gasteiger partial charge in [-0.15, -0.1) is 0 Å². The molecule has 1 amide bonds. The van der Waals surface area contributed by atoms with E-state index in [2.05, 4.69) is 34.4 Å². The van der Waals surface area contributed by atoms with Crippen molar-refractivity contribution in [3.05, 3.63) is 17.6 Å². The first-order chi connectivity index (χ1) is 10.6. The number of amides is 1. The van der Waals surface area contributed by atoms with E-state index in [0.29, 0.717) is 24.8 Å². The zero-order chi connectivity index (χ0) is 15.7. The summed E-state index contributed by atoms with van der Waals surface area (Å²) in [6, 6.07) is -0.502. The van der Waals surface area contributed by atoms with E-state index in [0.717, 1.165) is 31.7 Å². The number of aryl methyl sites for hydroxylation is 1. The lowest BCUT2D eigenvalue weighted by molar-refractivity contribution is -0.132. The minimum absolute atomic E-state index is 0.00376. The van der Waals surface area contributed by atoms with Crippen molar-refractivity contribution in [3.8, 4) is 0 Å². The van der Waals surface area contributed by atoms with Crippen molar-refractivity contribution in [2.45, 2.75) is 31.7 Å². The van der Waals surface area contributed by atoms with Gasteiger partial charge in [0.2, 0.25) is 5.91 Å². The lowest BCUT2D eigenvalue weighted by Gasteiger charge is -2.37. The number of piperazine rings is 1. The molecule has 0 saturated carbocycles. The number of carbonyl (C=O) groups excluding carboxylic acids is 1. The fourth-order valence-electron chi connectivity index (χ4n) is 3.33. The number of hydrogen-bond donors (Lipinski definition) is 2. The van der Waals surface area contributed by atoms with E-state index in [1.54, 1.807) is 6.33 Å². The molecule has 0 bridgehead atoms. The molecular formula is C15H23N5OS. The number of aromatic nitrogens is 2. The fourth-order valence-corrected chi connectivity index (χ4v) is 3.48. The molecule has 2 aliphatic rings. The molecule has 1 aromatic heterocycles. The molecule has 3 rings (SSSR count). The molecule has 2 N–H and O–H groups in total. The number of fused-ring (bicyclic) bond motifs is 1. The first-order valence-corrected chi connectivity index (χ1v) is 8.49. The molecule has 22 heavy (non-hydrogen) atoms. The number of nitrogens with two attached hydrogens (primary N) is 1. The molecule has 6 nitrogen and oxygen atoms in total. The summed E-state index contributed by atoms with van der Waals surface area (Å²) in [5.41, 5.74) is 8.27. The number of anilines is 1. The fraction of sp³-hybridized carbons (Fsp3) is 0.667. The van der Waals surface area contributed by atoms with E-state index in [1.807, 2.05) is 4.90 Å². The zero-order valence-electron chi connectivity index (χ0n) is 12.9. The third-order valence-electron chi connectivity index (χ3n) is 4.66. The molecule has 1 aromatic rings. The largest absolute Gasteiger partial charge is 0.353 e. The molecule has 1 saturated heterocycles. The highest BCUT2D eigenvalue weighted by atomic mass is 32.1. The Kier molecular flexibility index (Phi) is 4.54. The number of rotatable bonds is 3. The van der Waals surface area contributed by atoms with Crippen molar-refractivity contribution in [2.75, 3.05) is 36.8 Å². The first-order valence-electron chi connectivity index (χ1n) is 7.85. The van der Waals surface area contributed by atoms with Crippen LogP contribution < -0.4 is 10.6 Å². The van der Waals surface area contributed by atoms with Crippen molar-refractivity contribution < 1.29 is 4.79 Å². The Hall–Kier alpha value is -1.34. The number of carbonyl (C=O) groups is 1. The summed E-state index contributed by atoms with van der Waals surface area (Å²) in [6.07, 6.45) is 3.86. The third kappa shape index (κ3) is 2.79. The van der Waals surface area contributed by atoms with E-state index in [1.165, 1.54) is 11.3 Å². The normalized spacial score (nSPS) is 22.6. The van der Waals surface area contributed by atoms with Gasteiger partial charge < -0.3 is 15.5 Å². The van der Waals surface area contributed by atoms with Gasteiger partial charge in [-0.2, -0.15) is 12.6 Å². The van der Waals surface area contributed by atoms with Crippen LogP contribution in [0.15, 0.2) is 6.33 Å². The number of hydrogen-bond acceptors (Lipinski definition) is 6. The molecule has 1 aliphatic carbocycles. The predicted octanol–water partition coefficient (Wildman–Crippen LogP) is 0.432. The van der Waals surface area contributed by atoms with Gasteiger partial charge in [-0.25, -0.2) is 9.97 Å². The summed E-state index contributed by atoms with van der Waals surface area (Å²) < 4.78 is 0. The molecule has 2 heterocycles. The smallest absolute Gasteiger partial charge is 0.240 e. The standard InChI is InChI=1S/C15H23N5OS/c1-10-2-3-12-13(10)14(18-9-17-12)19-4-6-20(7-5-19)15(21)11(16)8-22/h9-11,22H,2-8,16H2,1H3. The van der Waals surface area contributed by atoms with Gasteiger partial charge in [0.05, 0.1) is 6.04 Å². The lowest BCUT2D eigenvalue weighted by Crippen LogP contribution is -2.54. The molecule has 0 radical (unpaired) electrons. The highest BCUT2D eigenvalue weighted by Gasteiger charge is 2.30. The SMILES string of the molecule is CC1CCc2ncnc(N3CCN(C(=O)C(N)CS)CC3)c21. The van der Waals surface area contributed by atoms with Gasteiger partial charge in [0.25, 0.3) is 0 Å². The van der Waals surface area contributed by atoms with E-state index in [-0.39, 0.29) is 5.91 Å². The van der Waals surface area contributed by atoms with Crippen LogP contribution in [-0.4, -0.2) is 58.7 Å². The molecule has 1 fully saturated rings. The van der Waals surface area contributed by atoms with Gasteiger partial charge >= 0.3 is 0 Å². The average molecular weight is 321 g/mol. The highest BCUT2D eigenvalue weighted by Crippen LogP contribution is 2.37. The van der Waals surface area contributed by atoms with Gasteiger partial charge in [0, 0.05) is 43.2 Å². The second-order valence-electron chi connectivity index (χ2n) is 6.10. The average Bonchev–Trinajstić information content (AvgIpc) is 2.95. The maximum atomic E-state index is 12.1. The van der Waals surface area contributed by atoms with Gasteiger partial charge in [-0.3, -0.25) is 4.79 Å². The quantitative estimate of drug-likeness (QED) is 0.790. The zero-order valence-corrected chi connectivity index (χ0v) is 13.8. The minimum atomic E-state index is -0.502. The van der Waals surface area contributed by atoms with Crippen LogP contribution in [0.2, 0.25) is 0 Å². The van der Waals surface area contributed by atoms with Crippen molar-refractivity contribution in [1.29, 1.82) is 0 Å². The molecule has 7 heteroatoms. The molecule has 0 aromatic carbocycles. The summed E-state index contributed by atoms with van der Waals surface area (Å²) in [5, 5.41) is 0. The summed E-state index contributed by atoms with van der Waals surface area (Å²) in [6.45, 7) is 5.20. The Labute approximate surface area is 136 Å². The molecule has 2 atom stereocenters. The second-order valence-corrected chi connectivity index (χ2v) is 6.46. The van der Waals surface area contributed by atoms with Gasteiger partial charge in [-0.1, -0.05) is 6.92 Å². The van der Waals surface area contributed by atoms with Crippen LogP contribution in [0.4, 0.5) is 5.82 Å². The monoisotopic (exact) mass is 321 g/mol. The molecule has 1 aliphatic heterocycles.